The molecule has 3 aromatic carbocycles. The van der Waals surface area contributed by atoms with Crippen LogP contribution in [0.5, 0.6) is 5.75 Å². The number of methoxy groups -OCH3 is 1. The van der Waals surface area contributed by atoms with E-state index in [0.29, 0.717) is 23.9 Å². The summed E-state index contributed by atoms with van der Waals surface area (Å²) in [7, 11) is 1.58. The van der Waals surface area contributed by atoms with Gasteiger partial charge in [-0.2, -0.15) is 0 Å². The highest BCUT2D eigenvalue weighted by Gasteiger charge is 2.35. The summed E-state index contributed by atoms with van der Waals surface area (Å²) in [5.74, 6) is 0.509. The van der Waals surface area contributed by atoms with Gasteiger partial charge in [-0.1, -0.05) is 18.2 Å². The average Bonchev–Trinajstić information content (AvgIpc) is 3.43. The van der Waals surface area contributed by atoms with E-state index in [1.54, 1.807) is 30.2 Å². The Kier molecular flexibility index (Phi) is 5.07. The third kappa shape index (κ3) is 3.80. The number of carbonyl (C=O) groups excluding carboxylic acids is 2. The first kappa shape index (κ1) is 19.8. The van der Waals surface area contributed by atoms with Gasteiger partial charge >= 0.3 is 0 Å². The van der Waals surface area contributed by atoms with E-state index in [1.807, 2.05) is 54.6 Å². The first-order valence-electron chi connectivity index (χ1n) is 10.3. The number of benzene rings is 3. The maximum absolute atomic E-state index is 12.8. The van der Waals surface area contributed by atoms with Gasteiger partial charge in [0.25, 0.3) is 0 Å². The Hall–Kier alpha value is -4.13. The van der Waals surface area contributed by atoms with Crippen LogP contribution in [0.2, 0.25) is 0 Å². The lowest BCUT2D eigenvalue weighted by atomic mass is 10.1. The van der Waals surface area contributed by atoms with Gasteiger partial charge in [0.15, 0.2) is 5.58 Å². The van der Waals surface area contributed by atoms with E-state index < -0.39 is 5.92 Å². The van der Waals surface area contributed by atoms with Crippen LogP contribution in [-0.4, -0.2) is 30.5 Å². The van der Waals surface area contributed by atoms with Crippen LogP contribution in [0.15, 0.2) is 77.2 Å². The molecule has 1 aliphatic heterocycles. The molecule has 1 aromatic heterocycles. The van der Waals surface area contributed by atoms with E-state index >= 15 is 0 Å². The number of hydrogen-bond donors (Lipinski definition) is 1. The van der Waals surface area contributed by atoms with Gasteiger partial charge in [0.2, 0.25) is 17.7 Å². The maximum Gasteiger partial charge on any atom is 0.229 e. The summed E-state index contributed by atoms with van der Waals surface area (Å²) in [6.07, 6.45) is 0.171. The zero-order valence-electron chi connectivity index (χ0n) is 17.4. The summed E-state index contributed by atoms with van der Waals surface area (Å²) in [4.78, 5) is 31.4. The molecule has 32 heavy (non-hydrogen) atoms. The molecule has 160 valence electrons. The first-order valence-corrected chi connectivity index (χ1v) is 10.3. The van der Waals surface area contributed by atoms with Crippen LogP contribution in [0, 0.1) is 5.92 Å². The van der Waals surface area contributed by atoms with Crippen LogP contribution in [-0.2, 0) is 9.59 Å². The first-order chi connectivity index (χ1) is 15.6. The number of aromatic nitrogens is 1. The van der Waals surface area contributed by atoms with Crippen LogP contribution in [0.25, 0.3) is 22.6 Å². The van der Waals surface area contributed by atoms with E-state index in [9.17, 15) is 9.59 Å². The highest BCUT2D eigenvalue weighted by molar-refractivity contribution is 6.03. The van der Waals surface area contributed by atoms with Crippen molar-refractivity contribution in [3.8, 4) is 17.2 Å². The Morgan fingerprint density at radius 1 is 1.09 bits per heavy atom. The molecule has 1 saturated heterocycles. The number of nitrogens with zero attached hydrogens (tertiary/aromatic N) is 2. The van der Waals surface area contributed by atoms with E-state index in [0.717, 1.165) is 22.4 Å². The van der Waals surface area contributed by atoms with Crippen molar-refractivity contribution < 1.29 is 18.7 Å². The smallest absolute Gasteiger partial charge is 0.229 e. The zero-order valence-corrected chi connectivity index (χ0v) is 17.4. The number of nitrogens with one attached hydrogen (secondary N) is 1. The van der Waals surface area contributed by atoms with E-state index in [-0.39, 0.29) is 18.2 Å². The summed E-state index contributed by atoms with van der Waals surface area (Å²) in [6, 6.07) is 22.2. The summed E-state index contributed by atoms with van der Waals surface area (Å²) in [5.41, 5.74) is 3.73. The fraction of sp³-hybridized carbons (Fsp3) is 0.160. The number of anilines is 2. The second-order valence-corrected chi connectivity index (χ2v) is 7.66. The number of carbonyl (C=O) groups is 2. The Bertz CT molecular complexity index is 1260. The van der Waals surface area contributed by atoms with Crippen molar-refractivity contribution in [2.24, 2.45) is 5.92 Å². The number of ether oxygens (including phenoxy) is 1. The van der Waals surface area contributed by atoms with Gasteiger partial charge in [-0.3, -0.25) is 9.59 Å². The van der Waals surface area contributed by atoms with E-state index in [1.165, 1.54) is 0 Å². The van der Waals surface area contributed by atoms with Crippen LogP contribution in [0.1, 0.15) is 6.42 Å². The lowest BCUT2D eigenvalue weighted by Gasteiger charge is -2.17. The molecule has 0 aliphatic carbocycles. The van der Waals surface area contributed by atoms with Crippen molar-refractivity contribution in [1.82, 2.24) is 4.98 Å². The fourth-order valence-corrected chi connectivity index (χ4v) is 3.85. The Morgan fingerprint density at radius 3 is 2.69 bits per heavy atom. The minimum absolute atomic E-state index is 0.0790. The molecule has 1 fully saturated rings. The number of fused-ring (bicyclic) bond motifs is 1. The molecule has 1 aliphatic rings. The number of amides is 2. The standard InChI is InChI=1S/C25H21N3O4/c1-31-20-6-4-5-19(14-20)28-15-17(13-23(28)29)24(30)26-18-11-9-16(10-12-18)25-27-21-7-2-3-8-22(21)32-25/h2-12,14,17H,13,15H2,1H3,(H,26,30)/t17-/m1/s1. The van der Waals surface area contributed by atoms with E-state index in [4.69, 9.17) is 9.15 Å². The number of para-hydroxylation sites is 2. The average molecular weight is 427 g/mol. The van der Waals surface area contributed by atoms with Gasteiger partial charge in [0, 0.05) is 36.0 Å². The fourth-order valence-electron chi connectivity index (χ4n) is 3.85. The summed E-state index contributed by atoms with van der Waals surface area (Å²) >= 11 is 0. The minimum atomic E-state index is -0.426. The number of oxazole rings is 1. The van der Waals surface area contributed by atoms with Crippen molar-refractivity contribution in [3.63, 3.8) is 0 Å². The number of hydrogen-bond acceptors (Lipinski definition) is 5. The molecule has 0 radical (unpaired) electrons. The summed E-state index contributed by atoms with van der Waals surface area (Å²) in [5, 5.41) is 2.91. The SMILES string of the molecule is COc1cccc(N2C[C@H](C(=O)Nc3ccc(-c4nc5ccccc5o4)cc3)CC2=O)c1. The molecular weight excluding hydrogens is 406 g/mol. The normalized spacial score (nSPS) is 15.8. The van der Waals surface area contributed by atoms with Crippen molar-refractivity contribution in [3.05, 3.63) is 72.8 Å². The van der Waals surface area contributed by atoms with Gasteiger partial charge in [-0.15, -0.1) is 0 Å². The molecule has 7 nitrogen and oxygen atoms in total. The van der Waals surface area contributed by atoms with Crippen LogP contribution < -0.4 is 15.0 Å². The Labute approximate surface area is 184 Å². The van der Waals surface area contributed by atoms with Crippen LogP contribution in [0.4, 0.5) is 11.4 Å². The third-order valence-corrected chi connectivity index (χ3v) is 5.55. The van der Waals surface area contributed by atoms with Gasteiger partial charge < -0.3 is 19.4 Å². The quantitative estimate of drug-likeness (QED) is 0.507. The molecule has 5 rings (SSSR count). The van der Waals surface area contributed by atoms with Gasteiger partial charge in [-0.25, -0.2) is 4.98 Å². The molecule has 0 bridgehead atoms. The topological polar surface area (TPSA) is 84.7 Å². The van der Waals surface area contributed by atoms with Gasteiger partial charge in [-0.05, 0) is 48.5 Å². The predicted molar refractivity (Wildman–Crippen MR) is 122 cm³/mol. The summed E-state index contributed by atoms with van der Waals surface area (Å²) < 4.78 is 11.0. The monoisotopic (exact) mass is 427 g/mol. The Morgan fingerprint density at radius 2 is 1.91 bits per heavy atom. The highest BCUT2D eigenvalue weighted by Crippen LogP contribution is 2.29. The van der Waals surface area contributed by atoms with Gasteiger partial charge in [0.1, 0.15) is 11.3 Å². The molecule has 0 unspecified atom stereocenters. The second-order valence-electron chi connectivity index (χ2n) is 7.66. The van der Waals surface area contributed by atoms with E-state index in [2.05, 4.69) is 10.3 Å². The predicted octanol–water partition coefficient (Wildman–Crippen LogP) is 4.50. The third-order valence-electron chi connectivity index (χ3n) is 5.55. The Balaban J connectivity index is 1.26. The van der Waals surface area contributed by atoms with Crippen molar-refractivity contribution in [2.75, 3.05) is 23.9 Å². The minimum Gasteiger partial charge on any atom is -0.497 e. The lowest BCUT2D eigenvalue weighted by Crippen LogP contribution is -2.28. The highest BCUT2D eigenvalue weighted by atomic mass is 16.5. The van der Waals surface area contributed by atoms with Crippen molar-refractivity contribution in [1.29, 1.82) is 0 Å². The zero-order chi connectivity index (χ0) is 22.1. The molecule has 2 heterocycles. The van der Waals surface area contributed by atoms with Crippen LogP contribution in [0.3, 0.4) is 0 Å². The summed E-state index contributed by atoms with van der Waals surface area (Å²) in [6.45, 7) is 0.332. The van der Waals surface area contributed by atoms with Gasteiger partial charge in [0.05, 0.1) is 13.0 Å². The molecule has 1 N–H and O–H groups in total. The molecule has 1 atom stereocenters. The van der Waals surface area contributed by atoms with Crippen molar-refractivity contribution in [2.45, 2.75) is 6.42 Å². The lowest BCUT2D eigenvalue weighted by molar-refractivity contribution is -0.122. The maximum atomic E-state index is 12.8. The largest absolute Gasteiger partial charge is 0.497 e. The molecule has 7 heteroatoms. The van der Waals surface area contributed by atoms with Crippen LogP contribution >= 0.6 is 0 Å². The molecule has 2 amide bonds. The molecule has 0 saturated carbocycles. The van der Waals surface area contributed by atoms with Crippen molar-refractivity contribution >= 4 is 34.3 Å². The second kappa shape index (κ2) is 8.19. The number of rotatable bonds is 5. The molecule has 0 spiro atoms. The molecular formula is C25H21N3O4. The molecule has 4 aromatic rings.